The second-order valence-electron chi connectivity index (χ2n) is 5.71. The van der Waals surface area contributed by atoms with Gasteiger partial charge in [-0.1, -0.05) is 42.5 Å². The van der Waals surface area contributed by atoms with E-state index in [1.165, 1.54) is 5.56 Å². The second kappa shape index (κ2) is 7.23. The van der Waals surface area contributed by atoms with Crippen molar-refractivity contribution in [3.63, 3.8) is 0 Å². The van der Waals surface area contributed by atoms with Crippen LogP contribution in [0.3, 0.4) is 0 Å². The molecule has 0 aliphatic carbocycles. The lowest BCUT2D eigenvalue weighted by Gasteiger charge is -2.23. The monoisotopic (exact) mass is 295 g/mol. The summed E-state index contributed by atoms with van der Waals surface area (Å²) in [6.45, 7) is 2.47. The lowest BCUT2D eigenvalue weighted by Crippen LogP contribution is -2.26. The molecule has 1 heterocycles. The molecular formula is C19H21NO2. The highest BCUT2D eigenvalue weighted by Crippen LogP contribution is 2.25. The Bertz CT molecular complexity index is 601. The first-order chi connectivity index (χ1) is 10.8. The van der Waals surface area contributed by atoms with Crippen molar-refractivity contribution in [1.82, 2.24) is 5.32 Å². The van der Waals surface area contributed by atoms with E-state index in [1.807, 2.05) is 42.5 Å². The zero-order valence-electron chi connectivity index (χ0n) is 12.6. The van der Waals surface area contributed by atoms with Crippen molar-refractivity contribution < 1.29 is 9.53 Å². The van der Waals surface area contributed by atoms with Crippen LogP contribution in [0, 0.1) is 0 Å². The molecule has 1 aliphatic heterocycles. The van der Waals surface area contributed by atoms with E-state index in [1.54, 1.807) is 0 Å². The Morgan fingerprint density at radius 3 is 2.36 bits per heavy atom. The third-order valence-corrected chi connectivity index (χ3v) is 4.17. The summed E-state index contributed by atoms with van der Waals surface area (Å²) in [5.74, 6) is 0.344. The van der Waals surface area contributed by atoms with Crippen LogP contribution >= 0.6 is 0 Å². The Hall–Kier alpha value is -2.13. The first-order valence-electron chi connectivity index (χ1n) is 7.84. The van der Waals surface area contributed by atoms with Gasteiger partial charge in [0.2, 0.25) is 0 Å². The van der Waals surface area contributed by atoms with E-state index in [2.05, 4.69) is 17.4 Å². The van der Waals surface area contributed by atoms with Crippen LogP contribution in [-0.4, -0.2) is 19.1 Å². The lowest BCUT2D eigenvalue weighted by molar-refractivity contribution is 0.0472. The van der Waals surface area contributed by atoms with Gasteiger partial charge < -0.3 is 10.1 Å². The SMILES string of the molecule is O=C(OCc1ccccc1)c1ccc(C2CCNCC2)cc1. The Balaban J connectivity index is 1.58. The number of rotatable bonds is 4. The van der Waals surface area contributed by atoms with Gasteiger partial charge in [0.05, 0.1) is 5.56 Å². The van der Waals surface area contributed by atoms with Crippen LogP contribution in [0.15, 0.2) is 54.6 Å². The molecule has 3 nitrogen and oxygen atoms in total. The summed E-state index contributed by atoms with van der Waals surface area (Å²) >= 11 is 0. The number of carbonyl (C=O) groups is 1. The zero-order valence-corrected chi connectivity index (χ0v) is 12.6. The van der Waals surface area contributed by atoms with E-state index in [9.17, 15) is 4.79 Å². The summed E-state index contributed by atoms with van der Waals surface area (Å²) in [5, 5.41) is 3.37. The fraction of sp³-hybridized carbons (Fsp3) is 0.316. The zero-order chi connectivity index (χ0) is 15.2. The average molecular weight is 295 g/mol. The molecule has 0 spiro atoms. The van der Waals surface area contributed by atoms with Gasteiger partial charge in [-0.15, -0.1) is 0 Å². The quantitative estimate of drug-likeness (QED) is 0.877. The van der Waals surface area contributed by atoms with Crippen LogP contribution in [0.25, 0.3) is 0 Å². The molecule has 3 rings (SSSR count). The summed E-state index contributed by atoms with van der Waals surface area (Å²) in [6, 6.07) is 17.6. The topological polar surface area (TPSA) is 38.3 Å². The fourth-order valence-electron chi connectivity index (χ4n) is 2.85. The molecule has 0 saturated carbocycles. The number of piperidine rings is 1. The first kappa shape index (κ1) is 14.8. The Kier molecular flexibility index (Phi) is 4.86. The van der Waals surface area contributed by atoms with Crippen LogP contribution < -0.4 is 5.32 Å². The summed E-state index contributed by atoms with van der Waals surface area (Å²) in [4.78, 5) is 12.1. The third-order valence-electron chi connectivity index (χ3n) is 4.17. The molecule has 114 valence electrons. The summed E-state index contributed by atoms with van der Waals surface area (Å²) in [6.07, 6.45) is 2.33. The van der Waals surface area contributed by atoms with Crippen LogP contribution in [0.5, 0.6) is 0 Å². The molecule has 0 bridgehead atoms. The summed E-state index contributed by atoms with van der Waals surface area (Å²) < 4.78 is 5.35. The number of ether oxygens (including phenoxy) is 1. The molecule has 1 aliphatic rings. The Morgan fingerprint density at radius 1 is 1.00 bits per heavy atom. The predicted molar refractivity (Wildman–Crippen MR) is 86.8 cm³/mol. The highest BCUT2D eigenvalue weighted by Gasteiger charge is 2.15. The van der Waals surface area contributed by atoms with Gasteiger partial charge in [-0.3, -0.25) is 0 Å². The molecule has 3 heteroatoms. The normalized spacial score (nSPS) is 15.5. The van der Waals surface area contributed by atoms with Gasteiger partial charge in [0, 0.05) is 0 Å². The maximum absolute atomic E-state index is 12.1. The molecule has 0 atom stereocenters. The van der Waals surface area contributed by atoms with Crippen molar-refractivity contribution in [3.05, 3.63) is 71.3 Å². The van der Waals surface area contributed by atoms with Crippen LogP contribution in [-0.2, 0) is 11.3 Å². The number of hydrogen-bond donors (Lipinski definition) is 1. The van der Waals surface area contributed by atoms with E-state index in [0.717, 1.165) is 31.5 Å². The van der Waals surface area contributed by atoms with Crippen molar-refractivity contribution in [1.29, 1.82) is 0 Å². The van der Waals surface area contributed by atoms with Gasteiger partial charge in [0.1, 0.15) is 6.61 Å². The third kappa shape index (κ3) is 3.74. The van der Waals surface area contributed by atoms with Crippen LogP contribution in [0.4, 0.5) is 0 Å². The van der Waals surface area contributed by atoms with Crippen molar-refractivity contribution in [2.45, 2.75) is 25.4 Å². The fourth-order valence-corrected chi connectivity index (χ4v) is 2.85. The molecule has 2 aromatic carbocycles. The molecule has 0 unspecified atom stereocenters. The van der Waals surface area contributed by atoms with E-state index in [-0.39, 0.29) is 5.97 Å². The minimum Gasteiger partial charge on any atom is -0.457 e. The minimum atomic E-state index is -0.263. The van der Waals surface area contributed by atoms with Crippen LogP contribution in [0.1, 0.15) is 40.2 Å². The van der Waals surface area contributed by atoms with Crippen molar-refractivity contribution in [3.8, 4) is 0 Å². The van der Waals surface area contributed by atoms with Crippen molar-refractivity contribution in [2.75, 3.05) is 13.1 Å². The number of hydrogen-bond acceptors (Lipinski definition) is 3. The van der Waals surface area contributed by atoms with E-state index in [4.69, 9.17) is 4.74 Å². The highest BCUT2D eigenvalue weighted by molar-refractivity contribution is 5.89. The number of carbonyl (C=O) groups excluding carboxylic acids is 1. The largest absolute Gasteiger partial charge is 0.457 e. The van der Waals surface area contributed by atoms with Crippen molar-refractivity contribution in [2.24, 2.45) is 0 Å². The number of nitrogens with one attached hydrogen (secondary N) is 1. The van der Waals surface area contributed by atoms with Gasteiger partial charge >= 0.3 is 5.97 Å². The maximum atomic E-state index is 12.1. The lowest BCUT2D eigenvalue weighted by atomic mass is 9.90. The highest BCUT2D eigenvalue weighted by atomic mass is 16.5. The minimum absolute atomic E-state index is 0.263. The maximum Gasteiger partial charge on any atom is 0.338 e. The smallest absolute Gasteiger partial charge is 0.338 e. The van der Waals surface area contributed by atoms with E-state index >= 15 is 0 Å². The summed E-state index contributed by atoms with van der Waals surface area (Å²) in [5.41, 5.74) is 2.94. The van der Waals surface area contributed by atoms with Gasteiger partial charge in [0.25, 0.3) is 0 Å². The Labute approximate surface area is 131 Å². The molecule has 0 radical (unpaired) electrons. The Morgan fingerprint density at radius 2 is 1.68 bits per heavy atom. The summed E-state index contributed by atoms with van der Waals surface area (Å²) in [7, 11) is 0. The molecule has 0 amide bonds. The van der Waals surface area contributed by atoms with Gasteiger partial charge in [0.15, 0.2) is 0 Å². The molecule has 0 aromatic heterocycles. The molecule has 2 aromatic rings. The molecule has 22 heavy (non-hydrogen) atoms. The second-order valence-corrected chi connectivity index (χ2v) is 5.71. The molecular weight excluding hydrogens is 274 g/mol. The molecule has 1 saturated heterocycles. The van der Waals surface area contributed by atoms with Crippen LogP contribution in [0.2, 0.25) is 0 Å². The van der Waals surface area contributed by atoms with Gasteiger partial charge in [-0.25, -0.2) is 4.79 Å². The average Bonchev–Trinajstić information content (AvgIpc) is 2.61. The van der Waals surface area contributed by atoms with Crippen molar-refractivity contribution >= 4 is 5.97 Å². The standard InChI is InChI=1S/C19H21NO2/c21-19(22-14-15-4-2-1-3-5-15)18-8-6-16(7-9-18)17-10-12-20-13-11-17/h1-9,17,20H,10-14H2. The first-order valence-corrected chi connectivity index (χ1v) is 7.84. The predicted octanol–water partition coefficient (Wildman–Crippen LogP) is 3.51. The number of benzene rings is 2. The molecule has 1 fully saturated rings. The van der Waals surface area contributed by atoms with Gasteiger partial charge in [-0.2, -0.15) is 0 Å². The molecule has 1 N–H and O–H groups in total. The van der Waals surface area contributed by atoms with E-state index in [0.29, 0.717) is 18.1 Å². The van der Waals surface area contributed by atoms with Gasteiger partial charge in [-0.05, 0) is 55.1 Å². The van der Waals surface area contributed by atoms with E-state index < -0.39 is 0 Å². The number of esters is 1.